The summed E-state index contributed by atoms with van der Waals surface area (Å²) in [5.74, 6) is -0.000932. The largest absolute Gasteiger partial charge is 0.345 e. The number of nitrogens with one attached hydrogen (secondary N) is 3. The number of hydrogen-bond donors (Lipinski definition) is 3. The van der Waals surface area contributed by atoms with Crippen molar-refractivity contribution >= 4 is 33.4 Å². The molecule has 7 heteroatoms. The Kier molecular flexibility index (Phi) is 3.36. The molecule has 0 aromatic carbocycles. The zero-order chi connectivity index (χ0) is 14.9. The first kappa shape index (κ1) is 13.4. The number of aromatic amines is 1. The van der Waals surface area contributed by atoms with E-state index >= 15 is 0 Å². The Morgan fingerprint density at radius 1 is 1.45 bits per heavy atom. The van der Waals surface area contributed by atoms with Gasteiger partial charge in [-0.15, -0.1) is 11.3 Å². The third-order valence-electron chi connectivity index (χ3n) is 3.84. The fourth-order valence-electron chi connectivity index (χ4n) is 2.72. The Bertz CT molecular complexity index is 818. The number of carbonyl (C=O) groups excluding carboxylic acids is 1. The van der Waals surface area contributed by atoms with E-state index in [0.29, 0.717) is 5.13 Å². The molecule has 1 aliphatic heterocycles. The molecule has 1 amide bonds. The minimum atomic E-state index is -0.0929. The zero-order valence-electron chi connectivity index (χ0n) is 11.8. The van der Waals surface area contributed by atoms with Crippen LogP contribution in [0.5, 0.6) is 0 Å². The number of H-pyrrole nitrogens is 1. The third-order valence-corrected chi connectivity index (χ3v) is 4.60. The molecule has 1 saturated heterocycles. The van der Waals surface area contributed by atoms with Crippen LogP contribution >= 0.6 is 11.3 Å². The van der Waals surface area contributed by atoms with Crippen LogP contribution in [0.4, 0.5) is 5.13 Å². The first-order valence-corrected chi connectivity index (χ1v) is 8.11. The summed E-state index contributed by atoms with van der Waals surface area (Å²) >= 11 is 1.44. The van der Waals surface area contributed by atoms with Crippen LogP contribution in [0.3, 0.4) is 0 Å². The number of anilines is 1. The maximum atomic E-state index is 12.1. The normalized spacial score (nSPS) is 17.9. The third kappa shape index (κ3) is 2.38. The quantitative estimate of drug-likeness (QED) is 0.693. The van der Waals surface area contributed by atoms with Gasteiger partial charge in [0.25, 0.3) is 0 Å². The number of rotatable bonds is 3. The molecule has 22 heavy (non-hydrogen) atoms. The lowest BCUT2D eigenvalue weighted by molar-refractivity contribution is -0.117. The SMILES string of the molecule is O=C(Nc1nc(-c2c[nH]c3ncccc23)cs1)[C@@H]1CCCN1. The van der Waals surface area contributed by atoms with Crippen molar-refractivity contribution in [3.8, 4) is 11.3 Å². The maximum absolute atomic E-state index is 12.1. The topological polar surface area (TPSA) is 82.7 Å². The highest BCUT2D eigenvalue weighted by atomic mass is 32.1. The monoisotopic (exact) mass is 313 g/mol. The van der Waals surface area contributed by atoms with Crippen molar-refractivity contribution < 1.29 is 4.79 Å². The van der Waals surface area contributed by atoms with Gasteiger partial charge in [0.2, 0.25) is 5.91 Å². The molecule has 0 aliphatic carbocycles. The van der Waals surface area contributed by atoms with Crippen LogP contribution in [0.1, 0.15) is 12.8 Å². The minimum Gasteiger partial charge on any atom is -0.345 e. The van der Waals surface area contributed by atoms with Gasteiger partial charge in [-0.05, 0) is 31.5 Å². The van der Waals surface area contributed by atoms with E-state index in [1.807, 2.05) is 23.7 Å². The molecule has 4 heterocycles. The molecule has 112 valence electrons. The van der Waals surface area contributed by atoms with Crippen molar-refractivity contribution in [2.45, 2.75) is 18.9 Å². The van der Waals surface area contributed by atoms with Gasteiger partial charge in [0.05, 0.1) is 11.7 Å². The number of nitrogens with zero attached hydrogens (tertiary/aromatic N) is 2. The Hall–Kier alpha value is -2.25. The van der Waals surface area contributed by atoms with Gasteiger partial charge in [-0.3, -0.25) is 4.79 Å². The number of carbonyl (C=O) groups is 1. The molecule has 0 unspecified atom stereocenters. The van der Waals surface area contributed by atoms with Crippen LogP contribution in [0.2, 0.25) is 0 Å². The van der Waals surface area contributed by atoms with Gasteiger partial charge in [0.15, 0.2) is 5.13 Å². The summed E-state index contributed by atoms with van der Waals surface area (Å²) in [4.78, 5) is 24.0. The molecule has 3 aromatic rings. The Labute approximate surface area is 131 Å². The van der Waals surface area contributed by atoms with Crippen LogP contribution in [-0.2, 0) is 4.79 Å². The van der Waals surface area contributed by atoms with E-state index in [1.54, 1.807) is 6.20 Å². The van der Waals surface area contributed by atoms with E-state index in [2.05, 4.69) is 25.6 Å². The maximum Gasteiger partial charge on any atom is 0.243 e. The van der Waals surface area contributed by atoms with E-state index in [4.69, 9.17) is 0 Å². The standard InChI is InChI=1S/C15H15N5OS/c21-14(11-4-2-5-16-11)20-15-19-12(8-22-15)10-7-18-13-9(10)3-1-6-17-13/h1,3,6-8,11,16H,2,4-5H2,(H,17,18)(H,19,20,21)/t11-/m0/s1. The minimum absolute atomic E-state index is 0.000932. The fourth-order valence-corrected chi connectivity index (χ4v) is 3.44. The van der Waals surface area contributed by atoms with Crippen LogP contribution in [0.25, 0.3) is 22.3 Å². The summed E-state index contributed by atoms with van der Waals surface area (Å²) in [6, 6.07) is 3.82. The highest BCUT2D eigenvalue weighted by Crippen LogP contribution is 2.30. The van der Waals surface area contributed by atoms with E-state index in [-0.39, 0.29) is 11.9 Å². The number of aromatic nitrogens is 3. The first-order valence-electron chi connectivity index (χ1n) is 7.23. The lowest BCUT2D eigenvalue weighted by Gasteiger charge is -2.08. The molecule has 0 radical (unpaired) electrons. The molecule has 0 saturated carbocycles. The summed E-state index contributed by atoms with van der Waals surface area (Å²) in [5.41, 5.74) is 2.68. The lowest BCUT2D eigenvalue weighted by Crippen LogP contribution is -2.35. The molecular formula is C15H15N5OS. The van der Waals surface area contributed by atoms with Crippen molar-refractivity contribution in [2.75, 3.05) is 11.9 Å². The molecule has 3 aromatic heterocycles. The van der Waals surface area contributed by atoms with E-state index in [0.717, 1.165) is 41.7 Å². The van der Waals surface area contributed by atoms with Crippen LogP contribution in [-0.4, -0.2) is 33.4 Å². The van der Waals surface area contributed by atoms with Gasteiger partial charge in [0, 0.05) is 28.7 Å². The molecule has 6 nitrogen and oxygen atoms in total. The zero-order valence-corrected chi connectivity index (χ0v) is 12.6. The highest BCUT2D eigenvalue weighted by molar-refractivity contribution is 7.14. The van der Waals surface area contributed by atoms with Gasteiger partial charge in [-0.1, -0.05) is 0 Å². The van der Waals surface area contributed by atoms with Gasteiger partial charge in [-0.2, -0.15) is 0 Å². The van der Waals surface area contributed by atoms with E-state index in [9.17, 15) is 4.79 Å². The average molecular weight is 313 g/mol. The van der Waals surface area contributed by atoms with Crippen LogP contribution in [0, 0.1) is 0 Å². The molecule has 0 spiro atoms. The lowest BCUT2D eigenvalue weighted by atomic mass is 10.2. The summed E-state index contributed by atoms with van der Waals surface area (Å²) in [6.07, 6.45) is 5.59. The second-order valence-electron chi connectivity index (χ2n) is 5.28. The number of fused-ring (bicyclic) bond motifs is 1. The number of thiazole rings is 1. The Balaban J connectivity index is 1.57. The van der Waals surface area contributed by atoms with E-state index < -0.39 is 0 Å². The predicted molar refractivity (Wildman–Crippen MR) is 86.9 cm³/mol. The molecule has 1 atom stereocenters. The predicted octanol–water partition coefficient (Wildman–Crippen LogP) is 2.38. The molecule has 1 aliphatic rings. The van der Waals surface area contributed by atoms with Crippen molar-refractivity contribution in [3.05, 3.63) is 29.9 Å². The number of hydrogen-bond acceptors (Lipinski definition) is 5. The average Bonchev–Trinajstić information content (AvgIpc) is 3.27. The van der Waals surface area contributed by atoms with Crippen LogP contribution in [0.15, 0.2) is 29.9 Å². The number of pyridine rings is 1. The van der Waals surface area contributed by atoms with Crippen molar-refractivity contribution in [1.29, 1.82) is 0 Å². The molecule has 1 fully saturated rings. The fraction of sp³-hybridized carbons (Fsp3) is 0.267. The molecule has 3 N–H and O–H groups in total. The smallest absolute Gasteiger partial charge is 0.243 e. The summed E-state index contributed by atoms with van der Waals surface area (Å²) in [6.45, 7) is 0.906. The summed E-state index contributed by atoms with van der Waals surface area (Å²) < 4.78 is 0. The van der Waals surface area contributed by atoms with Gasteiger partial charge in [-0.25, -0.2) is 9.97 Å². The second-order valence-corrected chi connectivity index (χ2v) is 6.14. The molecule has 0 bridgehead atoms. The van der Waals surface area contributed by atoms with Gasteiger partial charge >= 0.3 is 0 Å². The second kappa shape index (κ2) is 5.51. The van der Waals surface area contributed by atoms with Gasteiger partial charge in [0.1, 0.15) is 5.65 Å². The first-order chi connectivity index (χ1) is 10.8. The summed E-state index contributed by atoms with van der Waals surface area (Å²) in [5, 5.41) is 9.69. The molecule has 4 rings (SSSR count). The highest BCUT2D eigenvalue weighted by Gasteiger charge is 2.22. The van der Waals surface area contributed by atoms with Crippen LogP contribution < -0.4 is 10.6 Å². The number of amides is 1. The molecular weight excluding hydrogens is 298 g/mol. The van der Waals surface area contributed by atoms with Crippen molar-refractivity contribution in [3.63, 3.8) is 0 Å². The van der Waals surface area contributed by atoms with Gasteiger partial charge < -0.3 is 15.6 Å². The van der Waals surface area contributed by atoms with Crippen molar-refractivity contribution in [1.82, 2.24) is 20.3 Å². The van der Waals surface area contributed by atoms with Crippen molar-refractivity contribution in [2.24, 2.45) is 0 Å². The summed E-state index contributed by atoms with van der Waals surface area (Å²) in [7, 11) is 0. The Morgan fingerprint density at radius 2 is 2.41 bits per heavy atom. The van der Waals surface area contributed by atoms with E-state index in [1.165, 1.54) is 11.3 Å². The Morgan fingerprint density at radius 3 is 3.27 bits per heavy atom.